The highest BCUT2D eigenvalue weighted by molar-refractivity contribution is 9.10. The lowest BCUT2D eigenvalue weighted by atomic mass is 10.2. The summed E-state index contributed by atoms with van der Waals surface area (Å²) in [6.45, 7) is 2.63. The summed E-state index contributed by atoms with van der Waals surface area (Å²) in [7, 11) is 0. The van der Waals surface area contributed by atoms with Gasteiger partial charge >= 0.3 is 0 Å². The summed E-state index contributed by atoms with van der Waals surface area (Å²) in [6.07, 6.45) is 3.10. The van der Waals surface area contributed by atoms with Gasteiger partial charge in [0.15, 0.2) is 0 Å². The summed E-state index contributed by atoms with van der Waals surface area (Å²) in [5.41, 5.74) is -0.000279. The van der Waals surface area contributed by atoms with Crippen molar-refractivity contribution in [3.05, 3.63) is 33.8 Å². The van der Waals surface area contributed by atoms with Gasteiger partial charge in [0.1, 0.15) is 11.6 Å². The summed E-state index contributed by atoms with van der Waals surface area (Å²) in [5.74, 6) is -1.13. The number of unbranched alkanes of at least 4 members (excludes halogenated alkanes) is 2. The minimum atomic E-state index is -0.567. The molecule has 1 rings (SSSR count). The van der Waals surface area contributed by atoms with Gasteiger partial charge in [-0.1, -0.05) is 35.7 Å². The Hall–Kier alpha value is -0.480. The van der Waals surface area contributed by atoms with E-state index in [1.54, 1.807) is 0 Å². The smallest absolute Gasteiger partial charge is 0.132 e. The quantitative estimate of drug-likeness (QED) is 0.705. The van der Waals surface area contributed by atoms with Gasteiger partial charge in [-0.3, -0.25) is 0 Å². The summed E-state index contributed by atoms with van der Waals surface area (Å²) in [4.78, 5) is 0. The molecule has 0 amide bonds. The first-order valence-corrected chi connectivity index (χ1v) is 6.15. The molecule has 0 aliphatic carbocycles. The average molecular weight is 293 g/mol. The third-order valence-corrected chi connectivity index (χ3v) is 2.70. The minimum absolute atomic E-state index is 0.000279. The predicted octanol–water partition coefficient (Wildman–Crippen LogP) is 4.43. The molecule has 0 unspecified atom stereocenters. The Balaban J connectivity index is 2.47. The fourth-order valence-electron chi connectivity index (χ4n) is 1.34. The largest absolute Gasteiger partial charge is 0.377 e. The Morgan fingerprint density at radius 2 is 1.81 bits per heavy atom. The molecule has 0 spiro atoms. The van der Waals surface area contributed by atoms with Crippen molar-refractivity contribution < 1.29 is 13.5 Å². The molecule has 90 valence electrons. The topological polar surface area (TPSA) is 9.23 Å². The van der Waals surface area contributed by atoms with Crippen molar-refractivity contribution in [2.45, 2.75) is 32.8 Å². The zero-order valence-corrected chi connectivity index (χ0v) is 10.8. The van der Waals surface area contributed by atoms with Crippen molar-refractivity contribution in [2.24, 2.45) is 0 Å². The maximum absolute atomic E-state index is 13.3. The Morgan fingerprint density at radius 3 is 2.38 bits per heavy atom. The molecule has 0 heterocycles. The molecule has 0 bridgehead atoms. The molecule has 1 aromatic carbocycles. The van der Waals surface area contributed by atoms with Crippen molar-refractivity contribution in [1.29, 1.82) is 0 Å². The molecule has 0 atom stereocenters. The van der Waals surface area contributed by atoms with Crippen LogP contribution in [0.4, 0.5) is 8.78 Å². The number of ether oxygens (including phenoxy) is 1. The summed E-state index contributed by atoms with van der Waals surface area (Å²) in [6, 6.07) is 2.49. The molecular formula is C12H15BrF2O. The van der Waals surface area contributed by atoms with Gasteiger partial charge in [-0.25, -0.2) is 8.78 Å². The normalized spacial score (nSPS) is 10.8. The van der Waals surface area contributed by atoms with Crippen LogP contribution < -0.4 is 0 Å². The van der Waals surface area contributed by atoms with E-state index in [0.717, 1.165) is 19.3 Å². The summed E-state index contributed by atoms with van der Waals surface area (Å²) in [5, 5.41) is 0. The van der Waals surface area contributed by atoms with Crippen LogP contribution in [0.1, 0.15) is 31.7 Å². The molecule has 0 radical (unpaired) electrons. The Morgan fingerprint density at radius 1 is 1.19 bits per heavy atom. The maximum Gasteiger partial charge on any atom is 0.132 e. The van der Waals surface area contributed by atoms with E-state index in [1.165, 1.54) is 12.1 Å². The number of halogens is 3. The van der Waals surface area contributed by atoms with Crippen molar-refractivity contribution >= 4 is 15.9 Å². The van der Waals surface area contributed by atoms with E-state index in [0.29, 0.717) is 11.1 Å². The van der Waals surface area contributed by atoms with Gasteiger partial charge in [0.2, 0.25) is 0 Å². The van der Waals surface area contributed by atoms with Crippen LogP contribution >= 0.6 is 15.9 Å². The third-order valence-electron chi connectivity index (χ3n) is 2.24. The molecule has 0 saturated carbocycles. The fraction of sp³-hybridized carbons (Fsp3) is 0.500. The zero-order chi connectivity index (χ0) is 12.0. The Kier molecular flexibility index (Phi) is 5.91. The molecule has 0 aromatic heterocycles. The lowest BCUT2D eigenvalue weighted by molar-refractivity contribution is 0.112. The Bertz CT molecular complexity index is 319. The molecule has 0 N–H and O–H groups in total. The lowest BCUT2D eigenvalue weighted by Gasteiger charge is -2.07. The number of benzene rings is 1. The van der Waals surface area contributed by atoms with E-state index in [4.69, 9.17) is 4.74 Å². The monoisotopic (exact) mass is 292 g/mol. The number of hydrogen-bond acceptors (Lipinski definition) is 1. The number of rotatable bonds is 6. The highest BCUT2D eigenvalue weighted by Gasteiger charge is 2.10. The zero-order valence-electron chi connectivity index (χ0n) is 9.23. The van der Waals surface area contributed by atoms with Gasteiger partial charge in [-0.05, 0) is 18.6 Å². The van der Waals surface area contributed by atoms with Crippen LogP contribution in [0, 0.1) is 11.6 Å². The second-order valence-corrected chi connectivity index (χ2v) is 4.52. The standard InChI is InChI=1S/C12H15BrF2O/c1-2-3-4-5-16-8-10-11(14)6-9(13)7-12(10)15/h6-7H,2-5,8H2,1H3. The van der Waals surface area contributed by atoms with Gasteiger partial charge in [0.25, 0.3) is 0 Å². The van der Waals surface area contributed by atoms with Crippen LogP contribution in [-0.2, 0) is 11.3 Å². The van der Waals surface area contributed by atoms with Crippen LogP contribution in [0.25, 0.3) is 0 Å². The summed E-state index contributed by atoms with van der Waals surface area (Å²) < 4.78 is 32.3. The van der Waals surface area contributed by atoms with E-state index in [-0.39, 0.29) is 12.2 Å². The highest BCUT2D eigenvalue weighted by atomic mass is 79.9. The van der Waals surface area contributed by atoms with Gasteiger partial charge in [0.05, 0.1) is 6.61 Å². The maximum atomic E-state index is 13.3. The van der Waals surface area contributed by atoms with Gasteiger partial charge in [-0.2, -0.15) is 0 Å². The lowest BCUT2D eigenvalue weighted by Crippen LogP contribution is -2.01. The molecule has 1 aromatic rings. The fourth-order valence-corrected chi connectivity index (χ4v) is 1.74. The van der Waals surface area contributed by atoms with E-state index < -0.39 is 11.6 Å². The molecule has 0 fully saturated rings. The van der Waals surface area contributed by atoms with Gasteiger partial charge in [0, 0.05) is 16.6 Å². The number of hydrogen-bond donors (Lipinski definition) is 0. The average Bonchev–Trinajstić information content (AvgIpc) is 2.20. The van der Waals surface area contributed by atoms with Crippen LogP contribution in [0.15, 0.2) is 16.6 Å². The molecule has 1 nitrogen and oxygen atoms in total. The van der Waals surface area contributed by atoms with E-state index in [2.05, 4.69) is 22.9 Å². The second-order valence-electron chi connectivity index (χ2n) is 3.61. The molecule has 0 saturated heterocycles. The van der Waals surface area contributed by atoms with Crippen LogP contribution in [0.3, 0.4) is 0 Å². The van der Waals surface area contributed by atoms with E-state index in [1.807, 2.05) is 0 Å². The van der Waals surface area contributed by atoms with E-state index >= 15 is 0 Å². The predicted molar refractivity (Wildman–Crippen MR) is 63.2 cm³/mol. The van der Waals surface area contributed by atoms with Crippen LogP contribution in [0.5, 0.6) is 0 Å². The van der Waals surface area contributed by atoms with Crippen molar-refractivity contribution in [3.8, 4) is 0 Å². The third kappa shape index (κ3) is 4.18. The molecular weight excluding hydrogens is 278 g/mol. The highest BCUT2D eigenvalue weighted by Crippen LogP contribution is 2.20. The minimum Gasteiger partial charge on any atom is -0.377 e. The Labute approximate surface area is 103 Å². The SMILES string of the molecule is CCCCCOCc1c(F)cc(Br)cc1F. The summed E-state index contributed by atoms with van der Waals surface area (Å²) >= 11 is 3.03. The second kappa shape index (κ2) is 6.97. The van der Waals surface area contributed by atoms with Crippen LogP contribution in [-0.4, -0.2) is 6.61 Å². The first-order valence-electron chi connectivity index (χ1n) is 5.36. The van der Waals surface area contributed by atoms with Crippen LogP contribution in [0.2, 0.25) is 0 Å². The molecule has 0 aliphatic heterocycles. The van der Waals surface area contributed by atoms with E-state index in [9.17, 15) is 8.78 Å². The van der Waals surface area contributed by atoms with Gasteiger partial charge in [-0.15, -0.1) is 0 Å². The molecule has 4 heteroatoms. The first-order chi connectivity index (χ1) is 7.65. The van der Waals surface area contributed by atoms with Crippen molar-refractivity contribution in [2.75, 3.05) is 6.61 Å². The van der Waals surface area contributed by atoms with Gasteiger partial charge < -0.3 is 4.74 Å². The molecule has 16 heavy (non-hydrogen) atoms. The van der Waals surface area contributed by atoms with Crippen molar-refractivity contribution in [1.82, 2.24) is 0 Å². The molecule has 0 aliphatic rings. The first kappa shape index (κ1) is 13.6. The van der Waals surface area contributed by atoms with Crippen molar-refractivity contribution in [3.63, 3.8) is 0 Å².